The Hall–Kier alpha value is -0.910. The van der Waals surface area contributed by atoms with Gasteiger partial charge in [-0.15, -0.1) is 0 Å². The molecule has 0 aromatic heterocycles. The summed E-state index contributed by atoms with van der Waals surface area (Å²) in [5.41, 5.74) is -2.93. The molecule has 1 amide bonds. The van der Waals surface area contributed by atoms with E-state index in [1.165, 1.54) is 0 Å². The second-order valence-electron chi connectivity index (χ2n) is 5.31. The van der Waals surface area contributed by atoms with Crippen molar-refractivity contribution in [3.05, 3.63) is 0 Å². The quantitative estimate of drug-likeness (QED) is 0.696. The molecule has 1 fully saturated rings. The summed E-state index contributed by atoms with van der Waals surface area (Å²) in [6, 6.07) is 0. The van der Waals surface area contributed by atoms with E-state index >= 15 is 0 Å². The summed E-state index contributed by atoms with van der Waals surface area (Å²) in [5.74, 6) is -3.30. The van der Waals surface area contributed by atoms with Crippen LogP contribution in [0.25, 0.3) is 0 Å². The van der Waals surface area contributed by atoms with Gasteiger partial charge in [0.2, 0.25) is 0 Å². The van der Waals surface area contributed by atoms with Gasteiger partial charge in [-0.3, -0.25) is 4.90 Å². The lowest BCUT2D eigenvalue weighted by molar-refractivity contribution is -0.134. The average molecular weight is 237 g/mol. The number of β-amino-alcohol motifs (C(OH)–C–C–N with tert-alkyl or cyclic N) is 1. The van der Waals surface area contributed by atoms with E-state index in [9.17, 15) is 18.7 Å². The summed E-state index contributed by atoms with van der Waals surface area (Å²) >= 11 is 0. The molecule has 0 radical (unpaired) electrons. The van der Waals surface area contributed by atoms with Gasteiger partial charge in [0.15, 0.2) is 0 Å². The fraction of sp³-hybridized carbons (Fsp3) is 0.900. The van der Waals surface area contributed by atoms with Gasteiger partial charge in [0.05, 0.1) is 13.1 Å². The minimum Gasteiger partial charge on any atom is -0.444 e. The summed E-state index contributed by atoms with van der Waals surface area (Å²) in [5, 5.41) is 9.44. The zero-order valence-corrected chi connectivity index (χ0v) is 9.88. The normalized spacial score (nSPS) is 29.3. The molecule has 4 nitrogen and oxygen atoms in total. The molecule has 16 heavy (non-hydrogen) atoms. The summed E-state index contributed by atoms with van der Waals surface area (Å²) < 4.78 is 31.5. The molecule has 1 saturated heterocycles. The predicted octanol–water partition coefficient (Wildman–Crippen LogP) is 1.62. The minimum absolute atomic E-state index is 0.422. The van der Waals surface area contributed by atoms with Gasteiger partial charge in [-0.25, -0.2) is 13.6 Å². The van der Waals surface area contributed by atoms with Crippen molar-refractivity contribution in [2.75, 3.05) is 13.1 Å². The molecule has 1 unspecified atom stereocenters. The topological polar surface area (TPSA) is 49.8 Å². The number of hydrogen-bond donors (Lipinski definition) is 1. The molecule has 0 aromatic rings. The van der Waals surface area contributed by atoms with Crippen molar-refractivity contribution in [1.82, 2.24) is 4.90 Å². The third-order valence-corrected chi connectivity index (χ3v) is 2.33. The number of halogens is 2. The van der Waals surface area contributed by atoms with Crippen LogP contribution in [-0.2, 0) is 4.74 Å². The van der Waals surface area contributed by atoms with E-state index in [0.29, 0.717) is 0 Å². The molecule has 0 aliphatic carbocycles. The first kappa shape index (κ1) is 13.2. The maximum atomic E-state index is 13.3. The summed E-state index contributed by atoms with van der Waals surface area (Å²) in [6.07, 6.45) is -0.829. The Balaban J connectivity index is 2.70. The molecule has 1 aliphatic heterocycles. The second kappa shape index (κ2) is 3.55. The number of hydrogen-bond acceptors (Lipinski definition) is 3. The number of carbonyl (C=O) groups is 1. The van der Waals surface area contributed by atoms with Crippen LogP contribution in [-0.4, -0.2) is 46.3 Å². The van der Waals surface area contributed by atoms with E-state index in [-0.39, 0.29) is 0 Å². The zero-order chi connectivity index (χ0) is 12.8. The van der Waals surface area contributed by atoms with Crippen LogP contribution in [0.1, 0.15) is 27.7 Å². The summed E-state index contributed by atoms with van der Waals surface area (Å²) in [6.45, 7) is 4.73. The minimum atomic E-state index is -3.30. The van der Waals surface area contributed by atoms with Crippen molar-refractivity contribution in [3.8, 4) is 0 Å². The maximum Gasteiger partial charge on any atom is 0.410 e. The van der Waals surface area contributed by atoms with Crippen molar-refractivity contribution in [1.29, 1.82) is 0 Å². The second-order valence-corrected chi connectivity index (χ2v) is 5.31. The van der Waals surface area contributed by atoms with E-state index in [4.69, 9.17) is 4.74 Å². The monoisotopic (exact) mass is 237 g/mol. The van der Waals surface area contributed by atoms with Crippen molar-refractivity contribution in [3.63, 3.8) is 0 Å². The Morgan fingerprint density at radius 1 is 1.38 bits per heavy atom. The first-order chi connectivity index (χ1) is 6.95. The highest BCUT2D eigenvalue weighted by Gasteiger charge is 2.58. The highest BCUT2D eigenvalue weighted by Crippen LogP contribution is 2.36. The van der Waals surface area contributed by atoms with Gasteiger partial charge in [0.1, 0.15) is 11.2 Å². The number of ether oxygens (including phenoxy) is 1. The van der Waals surface area contributed by atoms with Gasteiger partial charge in [-0.2, -0.15) is 0 Å². The lowest BCUT2D eigenvalue weighted by atomic mass is 10.0. The number of nitrogens with zero attached hydrogens (tertiary/aromatic N) is 1. The number of rotatable bonds is 0. The van der Waals surface area contributed by atoms with Gasteiger partial charge >= 0.3 is 6.09 Å². The van der Waals surface area contributed by atoms with Crippen LogP contribution in [0.3, 0.4) is 0 Å². The Labute approximate surface area is 93.2 Å². The summed E-state index contributed by atoms with van der Waals surface area (Å²) in [4.78, 5) is 12.3. The van der Waals surface area contributed by atoms with Crippen LogP contribution in [0.15, 0.2) is 0 Å². The molecule has 1 heterocycles. The number of amides is 1. The van der Waals surface area contributed by atoms with Crippen molar-refractivity contribution >= 4 is 6.09 Å². The van der Waals surface area contributed by atoms with Crippen LogP contribution >= 0.6 is 0 Å². The zero-order valence-electron chi connectivity index (χ0n) is 9.88. The largest absolute Gasteiger partial charge is 0.444 e. The molecule has 6 heteroatoms. The smallest absolute Gasteiger partial charge is 0.410 e. The fourth-order valence-electron chi connectivity index (χ4n) is 1.41. The average Bonchev–Trinajstić information content (AvgIpc) is 2.17. The first-order valence-corrected chi connectivity index (χ1v) is 5.03. The third kappa shape index (κ3) is 2.61. The van der Waals surface area contributed by atoms with Crippen LogP contribution in [0.4, 0.5) is 13.6 Å². The lowest BCUT2D eigenvalue weighted by Gasteiger charge is -2.24. The van der Waals surface area contributed by atoms with E-state index in [2.05, 4.69) is 0 Å². The van der Waals surface area contributed by atoms with Gasteiger partial charge in [0, 0.05) is 0 Å². The molecule has 0 aromatic carbocycles. The van der Waals surface area contributed by atoms with Gasteiger partial charge in [-0.1, -0.05) is 0 Å². The Morgan fingerprint density at radius 2 is 1.88 bits per heavy atom. The molecule has 0 spiro atoms. The maximum absolute atomic E-state index is 13.3. The molecule has 1 rings (SSSR count). The molecule has 0 saturated carbocycles. The molecular formula is C10H17F2NO3. The van der Waals surface area contributed by atoms with Crippen LogP contribution in [0, 0.1) is 0 Å². The Bertz CT molecular complexity index is 281. The predicted molar refractivity (Wildman–Crippen MR) is 53.4 cm³/mol. The highest BCUT2D eigenvalue weighted by molar-refractivity contribution is 5.69. The van der Waals surface area contributed by atoms with Gasteiger partial charge in [0.25, 0.3) is 5.92 Å². The van der Waals surface area contributed by atoms with Gasteiger partial charge < -0.3 is 9.84 Å². The van der Waals surface area contributed by atoms with Crippen LogP contribution in [0.5, 0.6) is 0 Å². The van der Waals surface area contributed by atoms with Crippen LogP contribution < -0.4 is 0 Å². The standard InChI is InChI=1S/C10H17F2NO3/c1-8(2,3)16-7(14)13-5-9(4,15)10(11,12)6-13/h15H,5-6H2,1-4H3. The first-order valence-electron chi connectivity index (χ1n) is 5.03. The van der Waals surface area contributed by atoms with Crippen molar-refractivity contribution in [2.45, 2.75) is 44.8 Å². The van der Waals surface area contributed by atoms with E-state index in [1.54, 1.807) is 20.8 Å². The SMILES string of the molecule is CC(C)(C)OC(=O)N1CC(C)(O)C(F)(F)C1. The number of alkyl halides is 2. The molecular weight excluding hydrogens is 220 g/mol. The molecule has 1 atom stereocenters. The fourth-order valence-corrected chi connectivity index (χ4v) is 1.41. The third-order valence-electron chi connectivity index (χ3n) is 2.33. The van der Waals surface area contributed by atoms with E-state index < -0.39 is 36.3 Å². The highest BCUT2D eigenvalue weighted by atomic mass is 19.3. The number of aliphatic hydroxyl groups is 1. The number of likely N-dealkylation sites (tertiary alicyclic amines) is 1. The van der Waals surface area contributed by atoms with E-state index in [1.807, 2.05) is 0 Å². The van der Waals surface area contributed by atoms with E-state index in [0.717, 1.165) is 11.8 Å². The summed E-state index contributed by atoms with van der Waals surface area (Å²) in [7, 11) is 0. The Kier molecular flexibility index (Phi) is 2.92. The number of carbonyl (C=O) groups excluding carboxylic acids is 1. The molecule has 1 N–H and O–H groups in total. The van der Waals surface area contributed by atoms with Crippen LogP contribution in [0.2, 0.25) is 0 Å². The molecule has 0 bridgehead atoms. The van der Waals surface area contributed by atoms with Gasteiger partial charge in [-0.05, 0) is 27.7 Å². The van der Waals surface area contributed by atoms with Crippen molar-refractivity contribution < 1.29 is 23.4 Å². The lowest BCUT2D eigenvalue weighted by Crippen LogP contribution is -2.43. The Morgan fingerprint density at radius 3 is 2.19 bits per heavy atom. The molecule has 1 aliphatic rings. The van der Waals surface area contributed by atoms with Crippen molar-refractivity contribution in [2.24, 2.45) is 0 Å². The molecule has 94 valence electrons.